The molecule has 16 nitrogen and oxygen atoms in total. The van der Waals surface area contributed by atoms with Gasteiger partial charge >= 0.3 is 10.3 Å². The van der Waals surface area contributed by atoms with Crippen molar-refractivity contribution < 1.29 is 23.7 Å². The van der Waals surface area contributed by atoms with Gasteiger partial charge in [-0.2, -0.15) is 0 Å². The van der Waals surface area contributed by atoms with E-state index in [1.165, 1.54) is 36.5 Å². The molecule has 4 aromatic carbocycles. The number of carbonyl (C=O) groups excluding carboxylic acids is 2. The molecule has 2 amide bonds. The zero-order chi connectivity index (χ0) is 43.8. The van der Waals surface area contributed by atoms with Crippen molar-refractivity contribution in [3.05, 3.63) is 95.0 Å². The Morgan fingerprint density at radius 1 is 0.672 bits per heavy atom. The number of carbonyl (C=O) groups is 2. The summed E-state index contributed by atoms with van der Waals surface area (Å²) in [5, 5.41) is 42.4. The van der Waals surface area contributed by atoms with Crippen molar-refractivity contribution in [1.82, 2.24) is 10.2 Å². The van der Waals surface area contributed by atoms with Crippen LogP contribution in [0, 0.1) is 6.92 Å². The van der Waals surface area contributed by atoms with Crippen LogP contribution < -0.4 is 40.3 Å². The predicted octanol–water partition coefficient (Wildman–Crippen LogP) is 10.0. The van der Waals surface area contributed by atoms with E-state index in [9.17, 15) is 9.59 Å². The molecule has 316 valence electrons. The largest absolute Gasteiger partial charge is 0.494 e. The number of aromatic nitrogens is 4. The number of hydrogen-bond acceptors (Lipinski definition) is 14. The van der Waals surface area contributed by atoms with Gasteiger partial charge in [0.25, 0.3) is 0 Å². The third-order valence-corrected chi connectivity index (χ3v) is 11.1. The van der Waals surface area contributed by atoms with E-state index in [1.54, 1.807) is 34.7 Å². The van der Waals surface area contributed by atoms with Gasteiger partial charge in [0.2, 0.25) is 16.9 Å². The van der Waals surface area contributed by atoms with Gasteiger partial charge in [-0.1, -0.05) is 34.5 Å². The fourth-order valence-corrected chi connectivity index (χ4v) is 8.27. The summed E-state index contributed by atoms with van der Waals surface area (Å²) in [4.78, 5) is 26.4. The quantitative estimate of drug-likeness (QED) is 0.0549. The average Bonchev–Trinajstić information content (AvgIpc) is 3.73. The van der Waals surface area contributed by atoms with Crippen LogP contribution in [-0.2, 0) is 30.1 Å². The molecular formula is C43H51N13O3S2+2. The highest BCUT2D eigenvalue weighted by Gasteiger charge is 2.25. The van der Waals surface area contributed by atoms with Gasteiger partial charge in [0, 0.05) is 49.1 Å². The summed E-state index contributed by atoms with van der Waals surface area (Å²) in [5.74, 6) is 0.0972. The van der Waals surface area contributed by atoms with E-state index in [1.807, 2.05) is 57.4 Å². The van der Waals surface area contributed by atoms with Gasteiger partial charge in [0.15, 0.2) is 0 Å². The second kappa shape index (κ2) is 19.6. The maximum absolute atomic E-state index is 12.3. The molecule has 0 fully saturated rings. The number of nitrogens with zero attached hydrogens (tertiary/aromatic N) is 9. The van der Waals surface area contributed by atoms with Crippen LogP contribution in [0.2, 0.25) is 0 Å². The zero-order valence-electron chi connectivity index (χ0n) is 35.9. The summed E-state index contributed by atoms with van der Waals surface area (Å²) in [6.45, 7) is 13.4. The minimum absolute atomic E-state index is 0.197. The molecule has 0 aliphatic carbocycles. The molecular weight excluding hydrogens is 811 g/mol. The Morgan fingerprint density at radius 2 is 1.20 bits per heavy atom. The maximum atomic E-state index is 12.3. The van der Waals surface area contributed by atoms with E-state index < -0.39 is 0 Å². The fourth-order valence-electron chi connectivity index (χ4n) is 6.48. The van der Waals surface area contributed by atoms with Crippen molar-refractivity contribution in [2.24, 2.45) is 34.6 Å². The number of aryl methyl sites for hydroxylation is 3. The summed E-state index contributed by atoms with van der Waals surface area (Å²) in [6.07, 6.45) is 0.729. The Morgan fingerprint density at radius 3 is 1.74 bits per heavy atom. The molecule has 2 heterocycles. The second-order valence-electron chi connectivity index (χ2n) is 14.8. The molecule has 0 saturated carbocycles. The second-order valence-corrected chi connectivity index (χ2v) is 16.9. The highest BCUT2D eigenvalue weighted by Crippen LogP contribution is 2.40. The van der Waals surface area contributed by atoms with Crippen LogP contribution in [0.4, 0.5) is 60.9 Å². The first kappa shape index (κ1) is 43.9. The number of azo groups is 2. The van der Waals surface area contributed by atoms with E-state index in [2.05, 4.69) is 109 Å². The van der Waals surface area contributed by atoms with Crippen molar-refractivity contribution in [1.29, 1.82) is 0 Å². The number of benzene rings is 4. The normalized spacial score (nSPS) is 11.5. The molecule has 4 N–H and O–H groups in total. The Bertz CT molecular complexity index is 2560. The first-order valence-corrected chi connectivity index (χ1v) is 21.2. The van der Waals surface area contributed by atoms with Gasteiger partial charge in [-0.05, 0) is 134 Å². The van der Waals surface area contributed by atoms with E-state index in [0.29, 0.717) is 44.4 Å². The number of ether oxygens (including phenoxy) is 1. The first-order valence-electron chi connectivity index (χ1n) is 19.6. The summed E-state index contributed by atoms with van der Waals surface area (Å²) in [5.41, 5.74) is 7.45. The predicted molar refractivity (Wildman–Crippen MR) is 243 cm³/mol. The standard InChI is InChI=1S/C43H49N13O3S2/c1-25(2)56(26(3)4)43-53-55(9)42(61-43)51-49-38-24-40(59-10)39(23-36(38)45-28(6)58)47-33-17-13-31(14-18-33)21-30-11-15-32(16-12-30)46-34-19-20-35(44-27(5)57)37(22-34)48-50-41-54(8)52-29(7)60-41/h11-20,22-26H,21H2,1-10H3,(H2,45,46,47,48,58)/p+2. The van der Waals surface area contributed by atoms with Crippen LogP contribution in [0.25, 0.3) is 0 Å². The van der Waals surface area contributed by atoms with Gasteiger partial charge in [0.1, 0.15) is 36.2 Å². The van der Waals surface area contributed by atoms with Crippen molar-refractivity contribution >= 4 is 95.4 Å². The molecule has 61 heavy (non-hydrogen) atoms. The van der Waals surface area contributed by atoms with Gasteiger partial charge in [0.05, 0.1) is 34.4 Å². The number of nitrogens with one attached hydrogen (secondary N) is 4. The van der Waals surface area contributed by atoms with Crippen LogP contribution in [0.3, 0.4) is 0 Å². The summed E-state index contributed by atoms with van der Waals surface area (Å²) >= 11 is 2.88. The number of hydrogen-bond donors (Lipinski definition) is 4. The smallest absolute Gasteiger partial charge is 0.431 e. The maximum Gasteiger partial charge on any atom is 0.431 e. The van der Waals surface area contributed by atoms with Gasteiger partial charge in [-0.25, -0.2) is 0 Å². The third kappa shape index (κ3) is 11.5. The monoisotopic (exact) mass is 861 g/mol. The minimum Gasteiger partial charge on any atom is -0.494 e. The van der Waals surface area contributed by atoms with Crippen LogP contribution in [0.5, 0.6) is 5.75 Å². The van der Waals surface area contributed by atoms with Gasteiger partial charge in [-0.3, -0.25) is 9.59 Å². The zero-order valence-corrected chi connectivity index (χ0v) is 37.6. The van der Waals surface area contributed by atoms with Crippen LogP contribution >= 0.6 is 22.7 Å². The van der Waals surface area contributed by atoms with Crippen molar-refractivity contribution in [3.63, 3.8) is 0 Å². The Hall–Kier alpha value is -6.66. The number of anilines is 7. The number of rotatable bonds is 16. The van der Waals surface area contributed by atoms with Crippen LogP contribution in [0.15, 0.2) is 99.3 Å². The Kier molecular flexibility index (Phi) is 14.1. The van der Waals surface area contributed by atoms with E-state index in [4.69, 9.17) is 4.74 Å². The first-order chi connectivity index (χ1) is 29.1. The van der Waals surface area contributed by atoms with Crippen molar-refractivity contribution in [2.75, 3.05) is 33.3 Å². The Labute approximate surface area is 363 Å². The molecule has 0 radical (unpaired) electrons. The van der Waals surface area contributed by atoms with Crippen molar-refractivity contribution in [2.45, 2.75) is 67.0 Å². The van der Waals surface area contributed by atoms with Crippen molar-refractivity contribution in [3.8, 4) is 5.75 Å². The molecule has 0 saturated heterocycles. The lowest BCUT2D eigenvalue weighted by Gasteiger charge is -2.28. The van der Waals surface area contributed by atoms with Gasteiger partial charge < -0.3 is 30.9 Å². The molecule has 2 aromatic heterocycles. The summed E-state index contributed by atoms with van der Waals surface area (Å²) in [6, 6.07) is 26.0. The highest BCUT2D eigenvalue weighted by atomic mass is 32.1. The SMILES string of the molecule is COc1cc(N=Nc2sc(N(C(C)C)C(C)C)n[n+]2C)c(NC(C)=O)cc1Nc1ccc(Cc2ccc(Nc3ccc(NC(C)=O)c(N=Nc4sc(C)n[n+]4C)c3)cc2)cc1. The van der Waals surface area contributed by atoms with Gasteiger partial charge in [-0.15, -0.1) is 9.36 Å². The third-order valence-electron chi connectivity index (χ3n) is 9.14. The fraction of sp³-hybridized carbons (Fsp3) is 0.302. The minimum atomic E-state index is -0.238. The number of amides is 2. The molecule has 0 atom stereocenters. The van der Waals surface area contributed by atoms with E-state index in [-0.39, 0.29) is 23.9 Å². The lowest BCUT2D eigenvalue weighted by Crippen LogP contribution is -2.39. The molecule has 6 aromatic rings. The highest BCUT2D eigenvalue weighted by molar-refractivity contribution is 7.18. The molecule has 0 unspecified atom stereocenters. The molecule has 0 aliphatic heterocycles. The van der Waals surface area contributed by atoms with Crippen LogP contribution in [0.1, 0.15) is 57.7 Å². The summed E-state index contributed by atoms with van der Waals surface area (Å²) in [7, 11) is 5.24. The topological polar surface area (TPSA) is 178 Å². The molecule has 0 spiro atoms. The molecule has 0 aliphatic rings. The van der Waals surface area contributed by atoms with E-state index >= 15 is 0 Å². The van der Waals surface area contributed by atoms with E-state index in [0.717, 1.165) is 44.7 Å². The number of methoxy groups -OCH3 is 1. The average molecular weight is 862 g/mol. The lowest BCUT2D eigenvalue weighted by atomic mass is 10.0. The Balaban J connectivity index is 1.13. The lowest BCUT2D eigenvalue weighted by molar-refractivity contribution is -0.714. The molecule has 0 bridgehead atoms. The van der Waals surface area contributed by atoms with Crippen LogP contribution in [-0.4, -0.2) is 41.2 Å². The molecule has 6 rings (SSSR count). The molecule has 18 heteroatoms. The summed E-state index contributed by atoms with van der Waals surface area (Å²) < 4.78 is 9.13.